The van der Waals surface area contributed by atoms with E-state index in [4.69, 9.17) is 0 Å². The van der Waals surface area contributed by atoms with Crippen LogP contribution in [0.2, 0.25) is 0 Å². The van der Waals surface area contributed by atoms with Gasteiger partial charge >= 0.3 is 0 Å². The van der Waals surface area contributed by atoms with Crippen molar-refractivity contribution in [2.24, 2.45) is 0 Å². The Morgan fingerprint density at radius 2 is 1.79 bits per heavy atom. The highest BCUT2D eigenvalue weighted by molar-refractivity contribution is 7.90. The van der Waals surface area contributed by atoms with Gasteiger partial charge in [-0.3, -0.25) is 4.79 Å². The number of hydrogen-bond acceptors (Lipinski definition) is 6. The second-order valence-corrected chi connectivity index (χ2v) is 8.15. The van der Waals surface area contributed by atoms with Gasteiger partial charge < -0.3 is 20.6 Å². The number of alkyl halides is 1. The molecule has 1 unspecified atom stereocenters. The predicted octanol–water partition coefficient (Wildman–Crippen LogP) is 1.70. The Balaban J connectivity index is 2.06. The van der Waals surface area contributed by atoms with Crippen LogP contribution in [0, 0.1) is 0 Å². The number of phenols is 2. The molecule has 0 aliphatic carbocycles. The number of amides is 1. The van der Waals surface area contributed by atoms with Crippen LogP contribution in [-0.2, 0) is 14.6 Å². The van der Waals surface area contributed by atoms with Crippen LogP contribution < -0.4 is 5.32 Å². The van der Waals surface area contributed by atoms with Gasteiger partial charge in [0, 0.05) is 12.3 Å². The van der Waals surface area contributed by atoms with E-state index in [1.807, 2.05) is 0 Å². The molecule has 2 aromatic rings. The number of rotatable bonds is 7. The van der Waals surface area contributed by atoms with Crippen molar-refractivity contribution in [2.45, 2.75) is 17.0 Å². The molecule has 9 heteroatoms. The number of aliphatic hydroxyl groups excluding tert-OH is 1. The molecule has 0 saturated carbocycles. The van der Waals surface area contributed by atoms with Crippen LogP contribution in [-0.4, -0.2) is 48.6 Å². The Kier molecular flexibility index (Phi) is 6.76. The summed E-state index contributed by atoms with van der Waals surface area (Å²) >= 11 is 0. The van der Waals surface area contributed by atoms with Crippen molar-refractivity contribution in [1.82, 2.24) is 5.32 Å². The molecule has 0 radical (unpaired) electrons. The maximum atomic E-state index is 13.3. The van der Waals surface area contributed by atoms with Crippen molar-refractivity contribution in [3.05, 3.63) is 59.7 Å². The molecule has 2 rings (SSSR count). The van der Waals surface area contributed by atoms with Gasteiger partial charge in [0.1, 0.15) is 12.8 Å². The molecule has 2 atom stereocenters. The van der Waals surface area contributed by atoms with E-state index >= 15 is 0 Å². The average molecular weight is 409 g/mol. The largest absolute Gasteiger partial charge is 0.504 e. The Morgan fingerprint density at radius 3 is 2.32 bits per heavy atom. The number of phenolic OH excluding ortho intramolecular Hbond substituents is 2. The van der Waals surface area contributed by atoms with Crippen LogP contribution in [0.4, 0.5) is 4.39 Å². The van der Waals surface area contributed by atoms with Crippen molar-refractivity contribution < 1.29 is 32.9 Å². The molecule has 4 N–H and O–H groups in total. The Morgan fingerprint density at radius 1 is 1.14 bits per heavy atom. The first-order valence-corrected chi connectivity index (χ1v) is 10.1. The van der Waals surface area contributed by atoms with Crippen molar-refractivity contribution in [3.63, 3.8) is 0 Å². The summed E-state index contributed by atoms with van der Waals surface area (Å²) in [5.74, 6) is -1.33. The zero-order valence-corrected chi connectivity index (χ0v) is 15.7. The summed E-state index contributed by atoms with van der Waals surface area (Å²) in [6.07, 6.45) is 2.10. The maximum absolute atomic E-state index is 13.3. The molecule has 28 heavy (non-hydrogen) atoms. The molecule has 1 amide bonds. The number of nitrogens with one attached hydrogen (secondary N) is 1. The first kappa shape index (κ1) is 21.4. The summed E-state index contributed by atoms with van der Waals surface area (Å²) in [6, 6.07) is 8.00. The summed E-state index contributed by atoms with van der Waals surface area (Å²) in [5.41, 5.74) is 0.682. The summed E-state index contributed by atoms with van der Waals surface area (Å²) in [6.45, 7) is -1.05. The molecule has 2 aromatic carbocycles. The van der Waals surface area contributed by atoms with Crippen LogP contribution in [0.5, 0.6) is 11.5 Å². The number of sulfone groups is 1. The molecule has 0 saturated heterocycles. The molecule has 0 spiro atoms. The number of benzene rings is 2. The van der Waals surface area contributed by atoms with Crippen LogP contribution >= 0.6 is 0 Å². The molecule has 7 nitrogen and oxygen atoms in total. The van der Waals surface area contributed by atoms with Gasteiger partial charge in [-0.2, -0.15) is 0 Å². The lowest BCUT2D eigenvalue weighted by Crippen LogP contribution is -2.40. The van der Waals surface area contributed by atoms with Gasteiger partial charge in [-0.25, -0.2) is 12.8 Å². The number of carbonyl (C=O) groups excluding carboxylic acids is 1. The molecule has 0 aliphatic rings. The van der Waals surface area contributed by atoms with Crippen molar-refractivity contribution >= 4 is 21.8 Å². The van der Waals surface area contributed by atoms with E-state index in [0.717, 1.165) is 12.3 Å². The molecule has 0 fully saturated rings. The Bertz CT molecular complexity index is 972. The smallest absolute Gasteiger partial charge is 0.244 e. The molecule has 0 bridgehead atoms. The standard InChI is InChI=1S/C19H20FNO6S/c1-28(26,27)14-6-4-13(5-7-14)19(25)15(11-20)21-18(24)9-3-12-2-8-16(22)17(23)10-12/h2-10,15,19,22-23,25H,11H2,1H3,(H,21,24)/t15?,19-/m0/s1. The van der Waals surface area contributed by atoms with Crippen molar-refractivity contribution in [1.29, 1.82) is 0 Å². The highest BCUT2D eigenvalue weighted by Gasteiger charge is 2.22. The third-order valence-electron chi connectivity index (χ3n) is 3.95. The minimum absolute atomic E-state index is 0.0596. The molecular formula is C19H20FNO6S. The molecule has 150 valence electrons. The van der Waals surface area contributed by atoms with Crippen LogP contribution in [0.3, 0.4) is 0 Å². The van der Waals surface area contributed by atoms with Crippen LogP contribution in [0.25, 0.3) is 6.08 Å². The summed E-state index contributed by atoms with van der Waals surface area (Å²) in [5, 5.41) is 31.3. The number of carbonyl (C=O) groups is 1. The minimum Gasteiger partial charge on any atom is -0.504 e. The van der Waals surface area contributed by atoms with E-state index in [0.29, 0.717) is 5.56 Å². The lowest BCUT2D eigenvalue weighted by molar-refractivity contribution is -0.118. The Labute approximate surface area is 161 Å². The zero-order chi connectivity index (χ0) is 20.9. The quantitative estimate of drug-likeness (QED) is 0.408. The topological polar surface area (TPSA) is 124 Å². The fourth-order valence-corrected chi connectivity index (χ4v) is 3.02. The molecule has 0 aromatic heterocycles. The lowest BCUT2D eigenvalue weighted by atomic mass is 10.0. The van der Waals surface area contributed by atoms with Gasteiger partial charge in [0.05, 0.1) is 10.9 Å². The SMILES string of the molecule is CS(=O)(=O)c1ccc([C@H](O)C(CF)NC(=O)C=Cc2ccc(O)c(O)c2)cc1. The van der Waals surface area contributed by atoms with Crippen molar-refractivity contribution in [3.8, 4) is 11.5 Å². The van der Waals surface area contributed by atoms with E-state index in [1.54, 1.807) is 0 Å². The highest BCUT2D eigenvalue weighted by atomic mass is 32.2. The third kappa shape index (κ3) is 5.54. The molecular weight excluding hydrogens is 389 g/mol. The Hall–Kier alpha value is -2.91. The fraction of sp³-hybridized carbons (Fsp3) is 0.211. The monoisotopic (exact) mass is 409 g/mol. The fourth-order valence-electron chi connectivity index (χ4n) is 2.39. The second-order valence-electron chi connectivity index (χ2n) is 6.14. The number of aromatic hydroxyl groups is 2. The van der Waals surface area contributed by atoms with Gasteiger partial charge in [-0.05, 0) is 41.5 Å². The first-order valence-electron chi connectivity index (χ1n) is 8.16. The van der Waals surface area contributed by atoms with Crippen LogP contribution in [0.1, 0.15) is 17.2 Å². The summed E-state index contributed by atoms with van der Waals surface area (Å²) in [4.78, 5) is 12.1. The highest BCUT2D eigenvalue weighted by Crippen LogP contribution is 2.25. The number of hydrogen-bond donors (Lipinski definition) is 4. The van der Waals surface area contributed by atoms with Gasteiger partial charge in [-0.1, -0.05) is 18.2 Å². The normalized spacial score (nSPS) is 14.0. The van der Waals surface area contributed by atoms with E-state index < -0.39 is 34.6 Å². The zero-order valence-electron chi connectivity index (χ0n) is 14.9. The minimum atomic E-state index is -3.40. The number of halogens is 1. The van der Waals surface area contributed by atoms with Gasteiger partial charge in [0.2, 0.25) is 5.91 Å². The summed E-state index contributed by atoms with van der Waals surface area (Å²) < 4.78 is 36.3. The predicted molar refractivity (Wildman–Crippen MR) is 101 cm³/mol. The molecule has 0 heterocycles. The van der Waals surface area contributed by atoms with Crippen LogP contribution in [0.15, 0.2) is 53.4 Å². The molecule has 0 aliphatic heterocycles. The third-order valence-corrected chi connectivity index (χ3v) is 5.08. The van der Waals surface area contributed by atoms with Gasteiger partial charge in [0.25, 0.3) is 0 Å². The summed E-state index contributed by atoms with van der Waals surface area (Å²) in [7, 11) is -3.40. The van der Waals surface area contributed by atoms with E-state index in [1.165, 1.54) is 48.5 Å². The van der Waals surface area contributed by atoms with E-state index in [-0.39, 0.29) is 22.0 Å². The lowest BCUT2D eigenvalue weighted by Gasteiger charge is -2.21. The van der Waals surface area contributed by atoms with E-state index in [2.05, 4.69) is 5.32 Å². The van der Waals surface area contributed by atoms with E-state index in [9.17, 15) is 32.9 Å². The van der Waals surface area contributed by atoms with Gasteiger partial charge in [0.15, 0.2) is 21.3 Å². The average Bonchev–Trinajstić information content (AvgIpc) is 2.66. The second kappa shape index (κ2) is 8.85. The van der Waals surface area contributed by atoms with Gasteiger partial charge in [-0.15, -0.1) is 0 Å². The van der Waals surface area contributed by atoms with Crippen molar-refractivity contribution in [2.75, 3.05) is 12.9 Å². The maximum Gasteiger partial charge on any atom is 0.244 e. The number of aliphatic hydroxyl groups is 1. The first-order chi connectivity index (χ1) is 13.1.